The van der Waals surface area contributed by atoms with Gasteiger partial charge in [0.1, 0.15) is 0 Å². The summed E-state index contributed by atoms with van der Waals surface area (Å²) >= 11 is 0. The van der Waals surface area contributed by atoms with Crippen molar-refractivity contribution < 1.29 is 14.9 Å². The first-order chi connectivity index (χ1) is 13.8. The molecule has 0 bridgehead atoms. The summed E-state index contributed by atoms with van der Waals surface area (Å²) in [5.74, 6) is -0.734. The molecule has 5 nitrogen and oxygen atoms in total. The van der Waals surface area contributed by atoms with Crippen LogP contribution in [0.15, 0.2) is 91.0 Å². The number of rotatable bonds is 1. The van der Waals surface area contributed by atoms with Crippen LogP contribution in [0, 0.1) is 0 Å². The smallest absolute Gasteiger partial charge is 0.295 e. The van der Waals surface area contributed by atoms with Crippen molar-refractivity contribution in [3.63, 3.8) is 0 Å². The number of aromatic nitrogens is 2. The predicted molar refractivity (Wildman–Crippen MR) is 109 cm³/mol. The SMILES string of the molecule is O=C(OO)c1cccc2ccccc12.c1ccc2nc3ccccc3nc2c1. The average molecular weight is 368 g/mol. The maximum absolute atomic E-state index is 11.2. The minimum Gasteiger partial charge on any atom is -0.295 e. The molecule has 1 N–H and O–H groups in total. The van der Waals surface area contributed by atoms with Gasteiger partial charge in [0.05, 0.1) is 27.6 Å². The number of hydrogen-bond donors (Lipinski definition) is 1. The summed E-state index contributed by atoms with van der Waals surface area (Å²) in [5.41, 5.74) is 4.17. The first-order valence-corrected chi connectivity index (χ1v) is 8.71. The third-order valence-electron chi connectivity index (χ3n) is 4.34. The van der Waals surface area contributed by atoms with Gasteiger partial charge in [-0.3, -0.25) is 4.89 Å². The lowest BCUT2D eigenvalue weighted by Gasteiger charge is -2.02. The maximum atomic E-state index is 11.2. The van der Waals surface area contributed by atoms with Crippen LogP contribution in [0.25, 0.3) is 32.8 Å². The Morgan fingerprint density at radius 2 is 1.11 bits per heavy atom. The van der Waals surface area contributed by atoms with Crippen molar-refractivity contribution in [2.45, 2.75) is 0 Å². The van der Waals surface area contributed by atoms with Crippen molar-refractivity contribution in [3.05, 3.63) is 96.6 Å². The lowest BCUT2D eigenvalue weighted by Crippen LogP contribution is -2.01. The topological polar surface area (TPSA) is 72.3 Å². The van der Waals surface area contributed by atoms with Crippen LogP contribution in [-0.4, -0.2) is 21.2 Å². The zero-order valence-electron chi connectivity index (χ0n) is 14.8. The Morgan fingerprint density at radius 3 is 1.64 bits per heavy atom. The number of fused-ring (bicyclic) bond motifs is 3. The molecule has 0 saturated carbocycles. The Balaban J connectivity index is 0.000000137. The van der Waals surface area contributed by atoms with Crippen molar-refractivity contribution >= 4 is 38.8 Å². The number of carbonyl (C=O) groups is 1. The van der Waals surface area contributed by atoms with E-state index in [9.17, 15) is 4.79 Å². The van der Waals surface area contributed by atoms with Crippen LogP contribution in [0.4, 0.5) is 0 Å². The van der Waals surface area contributed by atoms with Crippen LogP contribution in [0.1, 0.15) is 10.4 Å². The summed E-state index contributed by atoms with van der Waals surface area (Å²) in [6.45, 7) is 0. The third kappa shape index (κ3) is 3.51. The Labute approximate surface area is 160 Å². The van der Waals surface area contributed by atoms with Crippen molar-refractivity contribution in [1.29, 1.82) is 0 Å². The average Bonchev–Trinajstić information content (AvgIpc) is 2.77. The van der Waals surface area contributed by atoms with E-state index < -0.39 is 5.97 Å². The molecule has 0 spiro atoms. The molecule has 0 saturated heterocycles. The van der Waals surface area contributed by atoms with Gasteiger partial charge in [-0.15, -0.1) is 0 Å². The Bertz CT molecular complexity index is 1170. The highest BCUT2D eigenvalue weighted by Gasteiger charge is 2.09. The molecule has 0 amide bonds. The van der Waals surface area contributed by atoms with Crippen molar-refractivity contribution in [2.75, 3.05) is 0 Å². The zero-order valence-corrected chi connectivity index (χ0v) is 14.8. The normalized spacial score (nSPS) is 10.5. The number of hydrogen-bond acceptors (Lipinski definition) is 5. The largest absolute Gasteiger partial charge is 0.373 e. The fraction of sp³-hybridized carbons (Fsp3) is 0. The van der Waals surface area contributed by atoms with Gasteiger partial charge >= 0.3 is 5.97 Å². The molecule has 0 aliphatic heterocycles. The van der Waals surface area contributed by atoms with Crippen molar-refractivity contribution in [1.82, 2.24) is 9.97 Å². The summed E-state index contributed by atoms with van der Waals surface area (Å²) in [6, 6.07) is 28.5. The minimum atomic E-state index is -0.734. The molecule has 5 rings (SSSR count). The standard InChI is InChI=1S/C12H8N2.C11H8O3/c1-2-6-10-9(5-1)13-11-7-3-4-8-12(11)14-10;12-11(14-13)10-7-3-5-8-4-1-2-6-9(8)10/h1-8H;1-7,13H. The van der Waals surface area contributed by atoms with E-state index in [-0.39, 0.29) is 0 Å². The molecule has 0 aliphatic rings. The molecule has 28 heavy (non-hydrogen) atoms. The highest BCUT2D eigenvalue weighted by Crippen LogP contribution is 2.19. The van der Waals surface area contributed by atoms with Gasteiger partial charge in [0, 0.05) is 0 Å². The number of para-hydroxylation sites is 4. The minimum absolute atomic E-state index is 0.366. The molecular formula is C23H16N2O3. The summed E-state index contributed by atoms with van der Waals surface area (Å²) in [4.78, 5) is 23.9. The molecule has 136 valence electrons. The van der Waals surface area contributed by atoms with Crippen LogP contribution in [0.2, 0.25) is 0 Å². The summed E-state index contributed by atoms with van der Waals surface area (Å²) in [7, 11) is 0. The molecule has 0 fully saturated rings. The number of benzene rings is 4. The maximum Gasteiger partial charge on any atom is 0.373 e. The molecule has 5 aromatic rings. The van der Waals surface area contributed by atoms with Crippen LogP contribution in [0.3, 0.4) is 0 Å². The van der Waals surface area contributed by atoms with Crippen LogP contribution in [0.5, 0.6) is 0 Å². The summed E-state index contributed by atoms with van der Waals surface area (Å²) < 4.78 is 0. The van der Waals surface area contributed by atoms with E-state index in [1.165, 1.54) is 0 Å². The first kappa shape index (κ1) is 17.6. The number of nitrogens with zero attached hydrogens (tertiary/aromatic N) is 2. The number of carbonyl (C=O) groups excluding carboxylic acids is 1. The second kappa shape index (κ2) is 7.82. The summed E-state index contributed by atoms with van der Waals surface area (Å²) in [6.07, 6.45) is 0. The van der Waals surface area contributed by atoms with Gasteiger partial charge in [0.15, 0.2) is 0 Å². The van der Waals surface area contributed by atoms with Gasteiger partial charge in [0.2, 0.25) is 0 Å². The lowest BCUT2D eigenvalue weighted by atomic mass is 10.1. The van der Waals surface area contributed by atoms with Gasteiger partial charge in [-0.1, -0.05) is 60.7 Å². The van der Waals surface area contributed by atoms with E-state index in [1.807, 2.05) is 78.9 Å². The quantitative estimate of drug-likeness (QED) is 0.248. The summed E-state index contributed by atoms with van der Waals surface area (Å²) in [5, 5.41) is 10.0. The molecular weight excluding hydrogens is 352 g/mol. The predicted octanol–water partition coefficient (Wildman–Crippen LogP) is 5.25. The van der Waals surface area contributed by atoms with Crippen LogP contribution >= 0.6 is 0 Å². The van der Waals surface area contributed by atoms with E-state index in [0.29, 0.717) is 5.56 Å². The van der Waals surface area contributed by atoms with Gasteiger partial charge in [-0.2, -0.15) is 5.26 Å². The van der Waals surface area contributed by atoms with Crippen molar-refractivity contribution in [3.8, 4) is 0 Å². The fourth-order valence-electron chi connectivity index (χ4n) is 3.02. The molecule has 0 atom stereocenters. The van der Waals surface area contributed by atoms with Crippen molar-refractivity contribution in [2.24, 2.45) is 0 Å². The van der Waals surface area contributed by atoms with E-state index in [2.05, 4.69) is 14.9 Å². The lowest BCUT2D eigenvalue weighted by molar-refractivity contribution is -0.182. The highest BCUT2D eigenvalue weighted by molar-refractivity contribution is 6.04. The van der Waals surface area contributed by atoms with Gasteiger partial charge < -0.3 is 0 Å². The molecule has 0 unspecified atom stereocenters. The first-order valence-electron chi connectivity index (χ1n) is 8.71. The van der Waals surface area contributed by atoms with E-state index >= 15 is 0 Å². The zero-order chi connectivity index (χ0) is 19.3. The second-order valence-corrected chi connectivity index (χ2v) is 6.11. The van der Waals surface area contributed by atoms with E-state index in [0.717, 1.165) is 32.8 Å². The molecule has 1 heterocycles. The molecule has 5 heteroatoms. The van der Waals surface area contributed by atoms with Gasteiger partial charge in [-0.25, -0.2) is 14.8 Å². The monoisotopic (exact) mass is 368 g/mol. The molecule has 0 aliphatic carbocycles. The fourth-order valence-corrected chi connectivity index (χ4v) is 3.02. The third-order valence-corrected chi connectivity index (χ3v) is 4.34. The highest BCUT2D eigenvalue weighted by atomic mass is 17.1. The van der Waals surface area contributed by atoms with Gasteiger partial charge in [-0.05, 0) is 41.1 Å². The second-order valence-electron chi connectivity index (χ2n) is 6.11. The van der Waals surface area contributed by atoms with Gasteiger partial charge in [0.25, 0.3) is 0 Å². The Morgan fingerprint density at radius 1 is 0.643 bits per heavy atom. The Hall–Kier alpha value is -3.83. The molecule has 1 aromatic heterocycles. The Kier molecular flexibility index (Phi) is 4.91. The molecule has 0 radical (unpaired) electrons. The van der Waals surface area contributed by atoms with E-state index in [1.54, 1.807) is 12.1 Å². The molecule has 4 aromatic carbocycles. The van der Waals surface area contributed by atoms with Crippen LogP contribution in [-0.2, 0) is 4.89 Å². The van der Waals surface area contributed by atoms with E-state index in [4.69, 9.17) is 5.26 Å². The van der Waals surface area contributed by atoms with Crippen LogP contribution < -0.4 is 0 Å².